The molecule has 1 atom stereocenters. The molecule has 2 aromatic rings. The van der Waals surface area contributed by atoms with Gasteiger partial charge in [-0.05, 0) is 41.1 Å². The molecule has 0 aliphatic heterocycles. The zero-order valence-electron chi connectivity index (χ0n) is 10.5. The van der Waals surface area contributed by atoms with Crippen molar-refractivity contribution in [3.05, 3.63) is 57.0 Å². The van der Waals surface area contributed by atoms with Crippen LogP contribution in [0.4, 0.5) is 8.78 Å². The standard InChI is InChI=1S/C14H11BrClF2NO/c1-7(19)14-10(17)3-2-4-12(14)20-13-6-11(18)9(16)5-8(13)15/h2-7H,19H2,1H3/t7-/m1/s1. The molecular weight excluding hydrogens is 352 g/mol. The van der Waals surface area contributed by atoms with Crippen LogP contribution in [-0.4, -0.2) is 0 Å². The summed E-state index contributed by atoms with van der Waals surface area (Å²) in [6.07, 6.45) is 0. The number of benzene rings is 2. The first kappa shape index (κ1) is 15.2. The Hall–Kier alpha value is -1.17. The van der Waals surface area contributed by atoms with E-state index in [0.717, 1.165) is 6.07 Å². The lowest BCUT2D eigenvalue weighted by Gasteiger charge is -2.15. The third kappa shape index (κ3) is 3.11. The van der Waals surface area contributed by atoms with Crippen LogP contribution >= 0.6 is 27.5 Å². The summed E-state index contributed by atoms with van der Waals surface area (Å²) < 4.78 is 33.3. The van der Waals surface area contributed by atoms with Crippen LogP contribution in [-0.2, 0) is 0 Å². The quantitative estimate of drug-likeness (QED) is 0.762. The number of hydrogen-bond donors (Lipinski definition) is 1. The topological polar surface area (TPSA) is 35.2 Å². The molecule has 20 heavy (non-hydrogen) atoms. The lowest BCUT2D eigenvalue weighted by Crippen LogP contribution is -2.09. The van der Waals surface area contributed by atoms with E-state index in [1.807, 2.05) is 0 Å². The fourth-order valence-electron chi connectivity index (χ4n) is 1.75. The molecule has 0 aromatic heterocycles. The van der Waals surface area contributed by atoms with E-state index < -0.39 is 17.7 Å². The minimum atomic E-state index is -0.622. The molecule has 6 heteroatoms. The van der Waals surface area contributed by atoms with E-state index >= 15 is 0 Å². The van der Waals surface area contributed by atoms with Crippen molar-refractivity contribution in [3.63, 3.8) is 0 Å². The van der Waals surface area contributed by atoms with Crippen LogP contribution in [0.5, 0.6) is 11.5 Å². The molecule has 0 aliphatic carbocycles. The second-order valence-corrected chi connectivity index (χ2v) is 5.50. The van der Waals surface area contributed by atoms with Crippen LogP contribution in [0.15, 0.2) is 34.8 Å². The first-order valence-corrected chi connectivity index (χ1v) is 6.93. The fourth-order valence-corrected chi connectivity index (χ4v) is 2.47. The van der Waals surface area contributed by atoms with E-state index in [0.29, 0.717) is 4.47 Å². The zero-order valence-corrected chi connectivity index (χ0v) is 12.8. The number of nitrogens with two attached hydrogens (primary N) is 1. The maximum atomic E-state index is 13.8. The summed E-state index contributed by atoms with van der Waals surface area (Å²) in [7, 11) is 0. The summed E-state index contributed by atoms with van der Waals surface area (Å²) in [5.41, 5.74) is 5.97. The van der Waals surface area contributed by atoms with Gasteiger partial charge in [0, 0.05) is 17.7 Å². The van der Waals surface area contributed by atoms with Crippen molar-refractivity contribution >= 4 is 27.5 Å². The van der Waals surface area contributed by atoms with Gasteiger partial charge in [-0.15, -0.1) is 0 Å². The molecule has 2 N–H and O–H groups in total. The van der Waals surface area contributed by atoms with Crippen LogP contribution in [0.1, 0.15) is 18.5 Å². The normalized spacial score (nSPS) is 12.3. The summed E-state index contributed by atoms with van der Waals surface area (Å²) in [5, 5.41) is -0.0316. The molecule has 2 rings (SSSR count). The van der Waals surface area contributed by atoms with Gasteiger partial charge >= 0.3 is 0 Å². The predicted molar refractivity (Wildman–Crippen MR) is 78.2 cm³/mol. The van der Waals surface area contributed by atoms with Crippen LogP contribution in [0, 0.1) is 11.6 Å². The molecule has 0 bridgehead atoms. The van der Waals surface area contributed by atoms with Crippen LogP contribution in [0.3, 0.4) is 0 Å². The van der Waals surface area contributed by atoms with Crippen molar-refractivity contribution in [2.75, 3.05) is 0 Å². The third-order valence-corrected chi connectivity index (χ3v) is 3.57. The van der Waals surface area contributed by atoms with E-state index in [-0.39, 0.29) is 22.1 Å². The van der Waals surface area contributed by atoms with Crippen molar-refractivity contribution in [1.29, 1.82) is 0 Å². The second kappa shape index (κ2) is 6.08. The summed E-state index contributed by atoms with van der Waals surface area (Å²) in [6, 6.07) is 6.31. The Morgan fingerprint density at radius 2 is 1.90 bits per heavy atom. The molecule has 2 nitrogen and oxygen atoms in total. The minimum absolute atomic E-state index is 0.0316. The van der Waals surface area contributed by atoms with Gasteiger partial charge in [-0.25, -0.2) is 8.78 Å². The Labute approximate surface area is 128 Å². The van der Waals surface area contributed by atoms with Gasteiger partial charge in [0.1, 0.15) is 23.1 Å². The van der Waals surface area contributed by atoms with Gasteiger partial charge in [-0.1, -0.05) is 17.7 Å². The first-order chi connectivity index (χ1) is 9.40. The number of hydrogen-bond acceptors (Lipinski definition) is 2. The third-order valence-electron chi connectivity index (χ3n) is 2.66. The first-order valence-electron chi connectivity index (χ1n) is 5.76. The van der Waals surface area contributed by atoms with Gasteiger partial charge in [-0.3, -0.25) is 0 Å². The van der Waals surface area contributed by atoms with Crippen molar-refractivity contribution in [3.8, 4) is 11.5 Å². The van der Waals surface area contributed by atoms with Gasteiger partial charge in [0.15, 0.2) is 0 Å². The van der Waals surface area contributed by atoms with E-state index in [1.165, 1.54) is 18.2 Å². The highest BCUT2D eigenvalue weighted by molar-refractivity contribution is 9.10. The molecule has 106 valence electrons. The molecule has 0 aliphatic rings. The molecule has 2 aromatic carbocycles. The fraction of sp³-hybridized carbons (Fsp3) is 0.143. The Bertz CT molecular complexity index is 649. The molecule has 0 unspecified atom stereocenters. The predicted octanol–water partition coefficient (Wildman–Crippen LogP) is 5.19. The van der Waals surface area contributed by atoms with E-state index in [2.05, 4.69) is 15.9 Å². The van der Waals surface area contributed by atoms with E-state index in [9.17, 15) is 8.78 Å². The Balaban J connectivity index is 2.45. The molecule has 0 radical (unpaired) electrons. The van der Waals surface area contributed by atoms with E-state index in [4.69, 9.17) is 22.1 Å². The molecular formula is C14H11BrClF2NO. The summed E-state index contributed by atoms with van der Waals surface area (Å²) in [6.45, 7) is 1.64. The highest BCUT2D eigenvalue weighted by atomic mass is 79.9. The zero-order chi connectivity index (χ0) is 14.9. The number of halogens is 4. The molecule has 0 amide bonds. The Morgan fingerprint density at radius 3 is 2.55 bits per heavy atom. The Kier molecular flexibility index (Phi) is 4.62. The molecule has 0 heterocycles. The molecule has 0 fully saturated rings. The molecule has 0 spiro atoms. The smallest absolute Gasteiger partial charge is 0.145 e. The maximum Gasteiger partial charge on any atom is 0.145 e. The Morgan fingerprint density at radius 1 is 1.20 bits per heavy atom. The summed E-state index contributed by atoms with van der Waals surface area (Å²) in [4.78, 5) is 0. The van der Waals surface area contributed by atoms with Crippen molar-refractivity contribution in [2.45, 2.75) is 13.0 Å². The summed E-state index contributed by atoms with van der Waals surface area (Å²) in [5.74, 6) is -0.659. The van der Waals surface area contributed by atoms with Gasteiger partial charge in [0.25, 0.3) is 0 Å². The van der Waals surface area contributed by atoms with Gasteiger partial charge < -0.3 is 10.5 Å². The van der Waals surface area contributed by atoms with Crippen LogP contribution in [0.2, 0.25) is 5.02 Å². The van der Waals surface area contributed by atoms with Gasteiger partial charge in [-0.2, -0.15) is 0 Å². The average Bonchev–Trinajstić information content (AvgIpc) is 2.35. The SMILES string of the molecule is C[C@@H](N)c1c(F)cccc1Oc1cc(F)c(Cl)cc1Br. The van der Waals surface area contributed by atoms with Crippen molar-refractivity contribution < 1.29 is 13.5 Å². The van der Waals surface area contributed by atoms with E-state index in [1.54, 1.807) is 13.0 Å². The monoisotopic (exact) mass is 361 g/mol. The van der Waals surface area contributed by atoms with Gasteiger partial charge in [0.05, 0.1) is 9.50 Å². The minimum Gasteiger partial charge on any atom is -0.456 e. The van der Waals surface area contributed by atoms with Crippen LogP contribution in [0.25, 0.3) is 0 Å². The van der Waals surface area contributed by atoms with Crippen molar-refractivity contribution in [1.82, 2.24) is 0 Å². The highest BCUT2D eigenvalue weighted by Gasteiger charge is 2.16. The number of rotatable bonds is 3. The highest BCUT2D eigenvalue weighted by Crippen LogP contribution is 2.36. The maximum absolute atomic E-state index is 13.8. The summed E-state index contributed by atoms with van der Waals surface area (Å²) >= 11 is 8.87. The largest absolute Gasteiger partial charge is 0.456 e. The van der Waals surface area contributed by atoms with Crippen molar-refractivity contribution in [2.24, 2.45) is 5.73 Å². The van der Waals surface area contributed by atoms with Gasteiger partial charge in [0.2, 0.25) is 0 Å². The average molecular weight is 363 g/mol. The molecule has 0 saturated heterocycles. The molecule has 0 saturated carbocycles. The second-order valence-electron chi connectivity index (χ2n) is 4.24. The van der Waals surface area contributed by atoms with Crippen LogP contribution < -0.4 is 10.5 Å². The number of ether oxygens (including phenoxy) is 1. The lowest BCUT2D eigenvalue weighted by atomic mass is 10.1. The lowest BCUT2D eigenvalue weighted by molar-refractivity contribution is 0.454.